The number of rotatable bonds is 6. The van der Waals surface area contributed by atoms with Gasteiger partial charge in [-0.15, -0.1) is 0 Å². The summed E-state index contributed by atoms with van der Waals surface area (Å²) in [7, 11) is 0. The molecular formula is C53H34N4. The molecule has 0 aliphatic carbocycles. The van der Waals surface area contributed by atoms with Crippen molar-refractivity contribution in [2.24, 2.45) is 0 Å². The molecule has 0 unspecified atom stereocenters. The van der Waals surface area contributed by atoms with E-state index >= 15 is 0 Å². The highest BCUT2D eigenvalue weighted by Gasteiger charge is 2.16. The maximum atomic E-state index is 5.26. The zero-order valence-electron chi connectivity index (χ0n) is 30.9. The van der Waals surface area contributed by atoms with Gasteiger partial charge in [0.15, 0.2) is 5.82 Å². The van der Waals surface area contributed by atoms with E-state index in [1.807, 2.05) is 12.1 Å². The van der Waals surface area contributed by atoms with E-state index in [4.69, 9.17) is 15.0 Å². The molecular weight excluding hydrogens is 693 g/mol. The molecule has 0 fully saturated rings. The molecule has 0 aliphatic rings. The molecule has 0 aliphatic heterocycles. The smallest absolute Gasteiger partial charge is 0.160 e. The number of fused-ring (bicyclic) bond motifs is 5. The van der Waals surface area contributed by atoms with Gasteiger partial charge in [-0.25, -0.2) is 15.0 Å². The second kappa shape index (κ2) is 13.6. The Kier molecular flexibility index (Phi) is 7.78. The third kappa shape index (κ3) is 5.92. The highest BCUT2D eigenvalue weighted by atomic mass is 15.1. The molecule has 0 saturated carbocycles. The Balaban J connectivity index is 1.00. The minimum atomic E-state index is 0.685. The van der Waals surface area contributed by atoms with Crippen LogP contribution in [0, 0.1) is 0 Å². The third-order valence-electron chi connectivity index (χ3n) is 11.0. The summed E-state index contributed by atoms with van der Waals surface area (Å²) in [6, 6.07) is 72.8. The van der Waals surface area contributed by atoms with Crippen molar-refractivity contribution >= 4 is 43.4 Å². The quantitative estimate of drug-likeness (QED) is 0.160. The Bertz CT molecular complexity index is 3290. The van der Waals surface area contributed by atoms with Crippen molar-refractivity contribution in [1.82, 2.24) is 19.5 Å². The molecule has 0 N–H and O–H groups in total. The summed E-state index contributed by atoms with van der Waals surface area (Å²) in [5, 5.41) is 7.29. The predicted molar refractivity (Wildman–Crippen MR) is 236 cm³/mol. The molecule has 4 heteroatoms. The van der Waals surface area contributed by atoms with Gasteiger partial charge in [0, 0.05) is 27.9 Å². The van der Waals surface area contributed by atoms with Crippen LogP contribution in [0.2, 0.25) is 0 Å². The van der Waals surface area contributed by atoms with Crippen LogP contribution in [0.1, 0.15) is 0 Å². The monoisotopic (exact) mass is 726 g/mol. The van der Waals surface area contributed by atoms with E-state index in [2.05, 4.69) is 199 Å². The maximum absolute atomic E-state index is 5.26. The van der Waals surface area contributed by atoms with Gasteiger partial charge >= 0.3 is 0 Å². The summed E-state index contributed by atoms with van der Waals surface area (Å²) in [5.74, 6) is 1.60. The van der Waals surface area contributed by atoms with E-state index in [0.29, 0.717) is 5.82 Å². The van der Waals surface area contributed by atoms with Crippen LogP contribution >= 0.6 is 0 Å². The first kappa shape index (κ1) is 32.7. The number of imidazole rings is 1. The van der Waals surface area contributed by atoms with Gasteiger partial charge in [0.25, 0.3) is 0 Å². The van der Waals surface area contributed by atoms with Crippen molar-refractivity contribution in [1.29, 1.82) is 0 Å². The molecule has 0 atom stereocenters. The number of nitrogens with zero attached hydrogens (tertiary/aromatic N) is 4. The van der Waals surface area contributed by atoms with Gasteiger partial charge in [-0.2, -0.15) is 0 Å². The van der Waals surface area contributed by atoms with E-state index in [9.17, 15) is 0 Å². The first-order chi connectivity index (χ1) is 28.2. The number of aromatic nitrogens is 4. The van der Waals surface area contributed by atoms with Crippen LogP contribution in [-0.2, 0) is 0 Å². The standard InChI is InChI=1S/C53H34N4/c1-2-16-45(17-3-1)57-51-20-9-8-19-48(51)56-53(57)38-25-21-36(22-26-38)40-14-10-15-44(32-40)52-54-49(42-28-23-35-11-4-5-13-39(35)31-42)34-50(55-52)43-29-30-47-41(33-43)27-24-37-12-6-7-18-46(37)47/h1-34H. The molecule has 0 spiro atoms. The van der Waals surface area contributed by atoms with Crippen LogP contribution in [0.4, 0.5) is 0 Å². The van der Waals surface area contributed by atoms with Crippen molar-refractivity contribution in [3.8, 4) is 62.1 Å². The molecule has 0 saturated heterocycles. The van der Waals surface area contributed by atoms with Crippen molar-refractivity contribution in [3.63, 3.8) is 0 Å². The van der Waals surface area contributed by atoms with Crippen molar-refractivity contribution in [3.05, 3.63) is 206 Å². The van der Waals surface area contributed by atoms with Gasteiger partial charge in [-0.1, -0.05) is 158 Å². The zero-order valence-corrected chi connectivity index (χ0v) is 30.9. The fraction of sp³-hybridized carbons (Fsp3) is 0. The fourth-order valence-electron chi connectivity index (χ4n) is 8.10. The number of hydrogen-bond donors (Lipinski definition) is 0. The molecule has 2 aromatic heterocycles. The highest BCUT2D eigenvalue weighted by molar-refractivity contribution is 6.08. The number of benzene rings is 9. The molecule has 2 heterocycles. The Morgan fingerprint density at radius 2 is 0.912 bits per heavy atom. The summed E-state index contributed by atoms with van der Waals surface area (Å²) in [6.07, 6.45) is 0. The molecule has 4 nitrogen and oxygen atoms in total. The van der Waals surface area contributed by atoms with Gasteiger partial charge in [-0.05, 0) is 92.0 Å². The lowest BCUT2D eigenvalue weighted by atomic mass is 9.98. The highest BCUT2D eigenvalue weighted by Crippen LogP contribution is 2.35. The Labute approximate surface area is 330 Å². The van der Waals surface area contributed by atoms with Gasteiger partial charge < -0.3 is 0 Å². The molecule has 57 heavy (non-hydrogen) atoms. The third-order valence-corrected chi connectivity index (χ3v) is 11.0. The minimum Gasteiger partial charge on any atom is -0.292 e. The number of hydrogen-bond acceptors (Lipinski definition) is 3. The molecule has 0 bridgehead atoms. The second-order valence-corrected chi connectivity index (χ2v) is 14.5. The lowest BCUT2D eigenvalue weighted by Gasteiger charge is -2.12. The lowest BCUT2D eigenvalue weighted by Crippen LogP contribution is -1.97. The molecule has 9 aromatic carbocycles. The van der Waals surface area contributed by atoms with E-state index < -0.39 is 0 Å². The topological polar surface area (TPSA) is 43.6 Å². The maximum Gasteiger partial charge on any atom is 0.160 e. The van der Waals surface area contributed by atoms with Crippen LogP contribution in [-0.4, -0.2) is 19.5 Å². The van der Waals surface area contributed by atoms with E-state index in [1.165, 1.54) is 32.3 Å². The van der Waals surface area contributed by atoms with Crippen LogP contribution in [0.3, 0.4) is 0 Å². The largest absolute Gasteiger partial charge is 0.292 e. The normalized spacial score (nSPS) is 11.5. The first-order valence-corrected chi connectivity index (χ1v) is 19.3. The van der Waals surface area contributed by atoms with E-state index in [-0.39, 0.29) is 0 Å². The Hall–Kier alpha value is -7.69. The van der Waals surface area contributed by atoms with Gasteiger partial charge in [0.1, 0.15) is 5.82 Å². The zero-order chi connectivity index (χ0) is 37.7. The summed E-state index contributed by atoms with van der Waals surface area (Å²) in [6.45, 7) is 0. The van der Waals surface area contributed by atoms with Crippen molar-refractivity contribution in [2.75, 3.05) is 0 Å². The van der Waals surface area contributed by atoms with Crippen LogP contribution in [0.25, 0.3) is 105 Å². The average molecular weight is 727 g/mol. The fourth-order valence-corrected chi connectivity index (χ4v) is 8.10. The molecule has 11 aromatic rings. The second-order valence-electron chi connectivity index (χ2n) is 14.5. The van der Waals surface area contributed by atoms with Crippen molar-refractivity contribution in [2.45, 2.75) is 0 Å². The van der Waals surface area contributed by atoms with Crippen molar-refractivity contribution < 1.29 is 0 Å². The van der Waals surface area contributed by atoms with Gasteiger partial charge in [0.05, 0.1) is 22.4 Å². The molecule has 11 rings (SSSR count). The number of para-hydroxylation sites is 3. The first-order valence-electron chi connectivity index (χ1n) is 19.3. The minimum absolute atomic E-state index is 0.685. The molecule has 0 radical (unpaired) electrons. The SMILES string of the molecule is c1ccc(-n2c(-c3ccc(-c4cccc(-c5nc(-c6ccc7ccccc7c6)cc(-c6ccc7c(ccc8ccccc87)c6)n5)c4)cc3)nc3ccccc32)cc1. The van der Waals surface area contributed by atoms with Gasteiger partial charge in [-0.3, -0.25) is 4.57 Å². The van der Waals surface area contributed by atoms with E-state index in [0.717, 1.165) is 67.3 Å². The Morgan fingerprint density at radius 1 is 0.316 bits per heavy atom. The van der Waals surface area contributed by atoms with Crippen LogP contribution in [0.5, 0.6) is 0 Å². The van der Waals surface area contributed by atoms with Crippen LogP contribution in [0.15, 0.2) is 206 Å². The lowest BCUT2D eigenvalue weighted by molar-refractivity contribution is 1.10. The van der Waals surface area contributed by atoms with E-state index in [1.54, 1.807) is 0 Å². The Morgan fingerprint density at radius 3 is 1.75 bits per heavy atom. The summed E-state index contributed by atoms with van der Waals surface area (Å²) < 4.78 is 2.24. The molecule has 0 amide bonds. The van der Waals surface area contributed by atoms with Crippen LogP contribution < -0.4 is 0 Å². The predicted octanol–water partition coefficient (Wildman–Crippen LogP) is 13.6. The summed E-state index contributed by atoms with van der Waals surface area (Å²) in [4.78, 5) is 15.6. The molecule has 266 valence electrons. The van der Waals surface area contributed by atoms with Gasteiger partial charge in [0.2, 0.25) is 0 Å². The average Bonchev–Trinajstić information content (AvgIpc) is 3.69. The summed E-state index contributed by atoms with van der Waals surface area (Å²) in [5.41, 5.74) is 11.2. The summed E-state index contributed by atoms with van der Waals surface area (Å²) >= 11 is 0.